The van der Waals surface area contributed by atoms with E-state index < -0.39 is 15.8 Å². The molecule has 1 saturated carbocycles. The van der Waals surface area contributed by atoms with Gasteiger partial charge in [-0.3, -0.25) is 0 Å². The van der Waals surface area contributed by atoms with Crippen LogP contribution in [0.5, 0.6) is 0 Å². The minimum absolute atomic E-state index is 0.0408. The Morgan fingerprint density at radius 3 is 2.65 bits per heavy atom. The summed E-state index contributed by atoms with van der Waals surface area (Å²) in [4.78, 5) is -0.0705. The van der Waals surface area contributed by atoms with Gasteiger partial charge in [0.05, 0.1) is 23.1 Å². The van der Waals surface area contributed by atoms with Gasteiger partial charge in [-0.25, -0.2) is 17.5 Å². The zero-order valence-corrected chi connectivity index (χ0v) is 15.6. The number of nitrogens with zero attached hydrogens (tertiary/aromatic N) is 3. The highest BCUT2D eigenvalue weighted by atomic mass is 32.2. The Morgan fingerprint density at radius 1 is 1.27 bits per heavy atom. The maximum absolute atomic E-state index is 13.4. The highest BCUT2D eigenvalue weighted by molar-refractivity contribution is 7.89. The van der Waals surface area contributed by atoms with Crippen LogP contribution in [0, 0.1) is 5.82 Å². The molecule has 2 aromatic rings. The molecule has 1 N–H and O–H groups in total. The van der Waals surface area contributed by atoms with Crippen molar-refractivity contribution in [1.29, 1.82) is 0 Å². The average molecular weight is 382 g/mol. The second kappa shape index (κ2) is 7.81. The molecule has 0 radical (unpaired) electrons. The summed E-state index contributed by atoms with van der Waals surface area (Å²) in [6.07, 6.45) is 5.15. The molecule has 1 heterocycles. The summed E-state index contributed by atoms with van der Waals surface area (Å²) in [5.41, 5.74) is 0. The Hall–Kier alpha value is -1.84. The van der Waals surface area contributed by atoms with Gasteiger partial charge in [0.2, 0.25) is 10.0 Å². The quantitative estimate of drug-likeness (QED) is 0.828. The summed E-state index contributed by atoms with van der Waals surface area (Å²) in [5, 5.41) is 7.69. The summed E-state index contributed by atoms with van der Waals surface area (Å²) in [5.74, 6) is -0.579. The Kier molecular flexibility index (Phi) is 5.69. The van der Waals surface area contributed by atoms with Crippen LogP contribution in [-0.4, -0.2) is 41.4 Å². The number of halogens is 1. The fourth-order valence-electron chi connectivity index (χ4n) is 3.35. The number of rotatable bonds is 6. The molecule has 1 aliphatic rings. The third kappa shape index (κ3) is 4.46. The van der Waals surface area contributed by atoms with Gasteiger partial charge in [-0.05, 0) is 51.3 Å². The minimum Gasteiger partial charge on any atom is -0.373 e. The van der Waals surface area contributed by atoms with Crippen LogP contribution >= 0.6 is 0 Å². The van der Waals surface area contributed by atoms with E-state index in [0.717, 1.165) is 6.07 Å². The van der Waals surface area contributed by atoms with Gasteiger partial charge < -0.3 is 9.30 Å². The van der Waals surface area contributed by atoms with E-state index in [0.29, 0.717) is 19.3 Å². The van der Waals surface area contributed by atoms with Crippen LogP contribution in [0.3, 0.4) is 0 Å². The van der Waals surface area contributed by atoms with Gasteiger partial charge in [0.1, 0.15) is 18.5 Å². The molecule has 142 valence electrons. The third-order valence-electron chi connectivity index (χ3n) is 4.45. The van der Waals surface area contributed by atoms with Crippen molar-refractivity contribution in [2.45, 2.75) is 62.3 Å². The van der Waals surface area contributed by atoms with E-state index in [1.807, 2.05) is 18.4 Å². The number of hydrogen-bond acceptors (Lipinski definition) is 5. The van der Waals surface area contributed by atoms with Crippen molar-refractivity contribution < 1.29 is 17.5 Å². The predicted molar refractivity (Wildman–Crippen MR) is 93.4 cm³/mol. The molecule has 0 saturated heterocycles. The Bertz CT molecular complexity index is 826. The first-order chi connectivity index (χ1) is 12.3. The van der Waals surface area contributed by atoms with Crippen LogP contribution in [0.25, 0.3) is 0 Å². The van der Waals surface area contributed by atoms with Crippen LogP contribution in [0.15, 0.2) is 41.8 Å². The van der Waals surface area contributed by atoms with Crippen molar-refractivity contribution in [3.05, 3.63) is 42.7 Å². The lowest BCUT2D eigenvalue weighted by atomic mass is 9.88. The SMILES string of the molecule is CC(C)OC1CC[C@H](NS(=O)(=O)c2cccc(F)c2)C[C@H]1n1cnnc1. The normalized spacial score (nSPS) is 24.1. The highest BCUT2D eigenvalue weighted by Crippen LogP contribution is 2.32. The highest BCUT2D eigenvalue weighted by Gasteiger charge is 2.35. The predicted octanol–water partition coefficient (Wildman–Crippen LogP) is 2.28. The van der Waals surface area contributed by atoms with Crippen LogP contribution in [-0.2, 0) is 14.8 Å². The lowest BCUT2D eigenvalue weighted by Gasteiger charge is -2.37. The van der Waals surface area contributed by atoms with Gasteiger partial charge in [-0.2, -0.15) is 0 Å². The molecule has 3 atom stereocenters. The molecule has 1 unspecified atom stereocenters. The molecule has 3 rings (SSSR count). The van der Waals surface area contributed by atoms with Crippen molar-refractivity contribution in [3.8, 4) is 0 Å². The second-order valence-electron chi connectivity index (χ2n) is 6.79. The molecule has 1 aromatic heterocycles. The number of hydrogen-bond donors (Lipinski definition) is 1. The molecule has 1 fully saturated rings. The standard InChI is InChI=1S/C17H23FN4O3S/c1-12(2)25-17-7-6-14(9-16(17)22-10-19-20-11-22)21-26(23,24)15-5-3-4-13(18)8-15/h3-5,8,10-12,14,16-17,21H,6-7,9H2,1-2H3/t14-,16+,17?/m0/s1. The molecular weight excluding hydrogens is 359 g/mol. The van der Waals surface area contributed by atoms with Crippen LogP contribution in [0.4, 0.5) is 4.39 Å². The van der Waals surface area contributed by atoms with E-state index in [-0.39, 0.29) is 29.2 Å². The summed E-state index contributed by atoms with van der Waals surface area (Å²) < 4.78 is 49.1. The van der Waals surface area contributed by atoms with Crippen molar-refractivity contribution >= 4 is 10.0 Å². The monoisotopic (exact) mass is 382 g/mol. The van der Waals surface area contributed by atoms with Gasteiger partial charge in [0.25, 0.3) is 0 Å². The molecule has 0 spiro atoms. The molecule has 9 heteroatoms. The lowest BCUT2D eigenvalue weighted by Crippen LogP contribution is -2.44. The van der Waals surface area contributed by atoms with Crippen LogP contribution in [0.1, 0.15) is 39.2 Å². The van der Waals surface area contributed by atoms with E-state index in [9.17, 15) is 12.8 Å². The Labute approximate surface area is 152 Å². The number of sulfonamides is 1. The Balaban J connectivity index is 1.76. The van der Waals surface area contributed by atoms with E-state index in [2.05, 4.69) is 14.9 Å². The van der Waals surface area contributed by atoms with E-state index in [4.69, 9.17) is 4.74 Å². The maximum atomic E-state index is 13.4. The van der Waals surface area contributed by atoms with Gasteiger partial charge in [0.15, 0.2) is 0 Å². The largest absolute Gasteiger partial charge is 0.373 e. The maximum Gasteiger partial charge on any atom is 0.240 e. The summed E-state index contributed by atoms with van der Waals surface area (Å²) in [7, 11) is -3.79. The minimum atomic E-state index is -3.79. The molecule has 0 bridgehead atoms. The van der Waals surface area contributed by atoms with Crippen LogP contribution in [0.2, 0.25) is 0 Å². The first-order valence-corrected chi connectivity index (χ1v) is 10.1. The molecule has 1 aliphatic carbocycles. The van der Waals surface area contributed by atoms with Crippen molar-refractivity contribution in [2.24, 2.45) is 0 Å². The van der Waals surface area contributed by atoms with Gasteiger partial charge in [-0.1, -0.05) is 6.07 Å². The first-order valence-electron chi connectivity index (χ1n) is 8.62. The molecule has 0 aliphatic heterocycles. The average Bonchev–Trinajstić information content (AvgIpc) is 3.10. The van der Waals surface area contributed by atoms with Crippen molar-refractivity contribution in [1.82, 2.24) is 19.5 Å². The number of aromatic nitrogens is 3. The Morgan fingerprint density at radius 2 is 2.00 bits per heavy atom. The fraction of sp³-hybridized carbons (Fsp3) is 0.529. The lowest BCUT2D eigenvalue weighted by molar-refractivity contribution is -0.0443. The van der Waals surface area contributed by atoms with E-state index >= 15 is 0 Å². The molecule has 0 amide bonds. The van der Waals surface area contributed by atoms with Crippen LogP contribution < -0.4 is 4.72 Å². The van der Waals surface area contributed by atoms with E-state index in [1.54, 1.807) is 12.7 Å². The molecule has 7 nitrogen and oxygen atoms in total. The van der Waals surface area contributed by atoms with Crippen molar-refractivity contribution in [2.75, 3.05) is 0 Å². The second-order valence-corrected chi connectivity index (χ2v) is 8.50. The zero-order chi connectivity index (χ0) is 18.7. The topological polar surface area (TPSA) is 86.1 Å². The van der Waals surface area contributed by atoms with E-state index in [1.165, 1.54) is 18.2 Å². The summed E-state index contributed by atoms with van der Waals surface area (Å²) in [6.45, 7) is 3.95. The zero-order valence-electron chi connectivity index (χ0n) is 14.7. The smallest absolute Gasteiger partial charge is 0.240 e. The van der Waals surface area contributed by atoms with Crippen molar-refractivity contribution in [3.63, 3.8) is 0 Å². The molecule has 1 aromatic carbocycles. The molecular formula is C17H23FN4O3S. The summed E-state index contributed by atoms with van der Waals surface area (Å²) in [6, 6.07) is 4.67. The van der Waals surface area contributed by atoms with Gasteiger partial charge >= 0.3 is 0 Å². The van der Waals surface area contributed by atoms with Gasteiger partial charge in [0, 0.05) is 6.04 Å². The number of ether oxygens (including phenoxy) is 1. The third-order valence-corrected chi connectivity index (χ3v) is 5.97. The van der Waals surface area contributed by atoms with Gasteiger partial charge in [-0.15, -0.1) is 10.2 Å². The number of nitrogens with one attached hydrogen (secondary N) is 1. The fourth-order valence-corrected chi connectivity index (χ4v) is 4.66. The number of benzene rings is 1. The summed E-state index contributed by atoms with van der Waals surface area (Å²) >= 11 is 0. The molecule has 26 heavy (non-hydrogen) atoms. The first kappa shape index (κ1) is 18.9.